The molecule has 6 rings (SSSR count). The van der Waals surface area contributed by atoms with Crippen molar-refractivity contribution in [1.29, 1.82) is 0 Å². The molecule has 2 heterocycles. The van der Waals surface area contributed by atoms with Crippen molar-refractivity contribution in [3.63, 3.8) is 0 Å². The minimum Gasteiger partial charge on any atom is -0.349 e. The molecule has 2 heteroatoms. The summed E-state index contributed by atoms with van der Waals surface area (Å²) in [5.41, 5.74) is 1.13. The van der Waals surface area contributed by atoms with E-state index in [1.54, 1.807) is 0 Å². The smallest absolute Gasteiger partial charge is 0.171 e. The standard InChI is InChI=1S/C27H44O2/c1-17-10-14-27(28-16-17)18(2)24-23(29-27)15-22-20-9-8-19-7-5-6-12-25(19,3)21(20)11-13-26(22,24)4/h17-24H,5-16H2,1-4H3/t17-,18-,19+,20+,21-,22-,23-,24-,25-,26-,27+/m0/s1. The normalized spacial score (nSPS) is 61.7. The Morgan fingerprint density at radius 2 is 1.66 bits per heavy atom. The Morgan fingerprint density at radius 1 is 0.793 bits per heavy atom. The van der Waals surface area contributed by atoms with E-state index in [-0.39, 0.29) is 5.79 Å². The highest BCUT2D eigenvalue weighted by molar-refractivity contribution is 5.15. The van der Waals surface area contributed by atoms with Gasteiger partial charge in [0, 0.05) is 12.3 Å². The number of rotatable bonds is 0. The molecule has 6 aliphatic rings. The fraction of sp³-hybridized carbons (Fsp3) is 1.00. The van der Waals surface area contributed by atoms with Gasteiger partial charge in [-0.3, -0.25) is 0 Å². The molecule has 0 bridgehead atoms. The van der Waals surface area contributed by atoms with Crippen LogP contribution in [0.5, 0.6) is 0 Å². The van der Waals surface area contributed by atoms with E-state index in [0.29, 0.717) is 28.8 Å². The molecular weight excluding hydrogens is 356 g/mol. The average Bonchev–Trinajstić information content (AvgIpc) is 3.15. The highest BCUT2D eigenvalue weighted by atomic mass is 16.7. The third kappa shape index (κ3) is 2.54. The average molecular weight is 401 g/mol. The predicted molar refractivity (Wildman–Crippen MR) is 116 cm³/mol. The lowest BCUT2D eigenvalue weighted by molar-refractivity contribution is -0.273. The van der Waals surface area contributed by atoms with Gasteiger partial charge in [-0.25, -0.2) is 0 Å². The van der Waals surface area contributed by atoms with Gasteiger partial charge in [0.25, 0.3) is 0 Å². The summed E-state index contributed by atoms with van der Waals surface area (Å²) in [6, 6.07) is 0. The highest BCUT2D eigenvalue weighted by Crippen LogP contribution is 2.71. The van der Waals surface area contributed by atoms with Gasteiger partial charge in [-0.2, -0.15) is 0 Å². The summed E-state index contributed by atoms with van der Waals surface area (Å²) in [5, 5.41) is 0. The molecule has 1 spiro atoms. The first-order chi connectivity index (χ1) is 13.9. The molecule has 0 amide bonds. The summed E-state index contributed by atoms with van der Waals surface area (Å²) in [7, 11) is 0. The van der Waals surface area contributed by atoms with E-state index in [2.05, 4.69) is 27.7 Å². The second kappa shape index (κ2) is 6.47. The summed E-state index contributed by atoms with van der Waals surface area (Å²) in [6.07, 6.45) is 16.2. The van der Waals surface area contributed by atoms with Gasteiger partial charge in [0.05, 0.1) is 12.7 Å². The molecule has 2 saturated heterocycles. The first-order valence-electron chi connectivity index (χ1n) is 13.2. The van der Waals surface area contributed by atoms with Crippen LogP contribution in [-0.4, -0.2) is 18.5 Å². The Bertz CT molecular complexity index is 651. The first-order valence-corrected chi connectivity index (χ1v) is 13.2. The van der Waals surface area contributed by atoms with Gasteiger partial charge < -0.3 is 9.47 Å². The highest BCUT2D eigenvalue weighted by Gasteiger charge is 2.68. The van der Waals surface area contributed by atoms with Crippen molar-refractivity contribution < 1.29 is 9.47 Å². The summed E-state index contributed by atoms with van der Waals surface area (Å²) in [6.45, 7) is 11.1. The lowest BCUT2D eigenvalue weighted by Gasteiger charge is -2.61. The Hall–Kier alpha value is -0.0800. The van der Waals surface area contributed by atoms with Gasteiger partial charge in [0.1, 0.15) is 0 Å². The van der Waals surface area contributed by atoms with Crippen molar-refractivity contribution in [2.45, 2.75) is 110 Å². The Balaban J connectivity index is 1.27. The van der Waals surface area contributed by atoms with Crippen molar-refractivity contribution in [3.05, 3.63) is 0 Å². The van der Waals surface area contributed by atoms with E-state index in [1.807, 2.05) is 0 Å². The zero-order chi connectivity index (χ0) is 20.0. The van der Waals surface area contributed by atoms with Crippen molar-refractivity contribution in [2.75, 3.05) is 6.61 Å². The molecule has 0 unspecified atom stereocenters. The number of hydrogen-bond donors (Lipinski definition) is 0. The van der Waals surface area contributed by atoms with E-state index in [4.69, 9.17) is 9.47 Å². The first kappa shape index (κ1) is 19.6. The van der Waals surface area contributed by atoms with Gasteiger partial charge >= 0.3 is 0 Å². The van der Waals surface area contributed by atoms with Crippen LogP contribution in [0, 0.1) is 52.3 Å². The molecule has 4 aliphatic carbocycles. The van der Waals surface area contributed by atoms with Gasteiger partial charge in [-0.15, -0.1) is 0 Å². The van der Waals surface area contributed by atoms with Gasteiger partial charge in [-0.05, 0) is 97.7 Å². The molecule has 164 valence electrons. The molecule has 0 aromatic rings. The van der Waals surface area contributed by atoms with E-state index >= 15 is 0 Å². The van der Waals surface area contributed by atoms with E-state index in [1.165, 1.54) is 64.2 Å². The number of ether oxygens (including phenoxy) is 2. The van der Waals surface area contributed by atoms with Crippen molar-refractivity contribution in [2.24, 2.45) is 52.3 Å². The van der Waals surface area contributed by atoms with Crippen molar-refractivity contribution in [1.82, 2.24) is 0 Å². The monoisotopic (exact) mass is 400 g/mol. The molecule has 4 saturated carbocycles. The topological polar surface area (TPSA) is 18.5 Å². The minimum atomic E-state index is -0.250. The molecule has 0 aromatic heterocycles. The second-order valence-electron chi connectivity index (χ2n) is 12.9. The minimum absolute atomic E-state index is 0.250. The molecule has 0 aromatic carbocycles. The molecule has 6 fully saturated rings. The summed E-state index contributed by atoms with van der Waals surface area (Å²) < 4.78 is 13.4. The van der Waals surface area contributed by atoms with Crippen molar-refractivity contribution in [3.8, 4) is 0 Å². The molecule has 0 N–H and O–H groups in total. The Morgan fingerprint density at radius 3 is 2.45 bits per heavy atom. The van der Waals surface area contributed by atoms with Crippen molar-refractivity contribution >= 4 is 0 Å². The number of hydrogen-bond acceptors (Lipinski definition) is 2. The van der Waals surface area contributed by atoms with Crippen LogP contribution in [-0.2, 0) is 9.47 Å². The van der Waals surface area contributed by atoms with Crippen LogP contribution in [0.15, 0.2) is 0 Å². The van der Waals surface area contributed by atoms with Crippen LogP contribution in [0.1, 0.15) is 98.3 Å². The van der Waals surface area contributed by atoms with Crippen LogP contribution in [0.4, 0.5) is 0 Å². The van der Waals surface area contributed by atoms with Crippen LogP contribution in [0.2, 0.25) is 0 Å². The molecular formula is C27H44O2. The number of fused-ring (bicyclic) bond motifs is 7. The summed E-state index contributed by atoms with van der Waals surface area (Å²) in [5.74, 6) is 5.62. The Kier molecular flexibility index (Phi) is 4.37. The SMILES string of the molecule is C[C@H]1CC[C@@]2(OC1)O[C@H]1C[C@H]3[C@@H]4CC[C@H]5CCCC[C@]5(C)[C@H]4CC[C@]3(C)[C@H]1[C@@H]2C. The molecule has 2 nitrogen and oxygen atoms in total. The molecule has 11 atom stereocenters. The van der Waals surface area contributed by atoms with Gasteiger partial charge in [-0.1, -0.05) is 40.5 Å². The van der Waals surface area contributed by atoms with Crippen LogP contribution < -0.4 is 0 Å². The quantitative estimate of drug-likeness (QED) is 0.444. The predicted octanol–water partition coefficient (Wildman–Crippen LogP) is 6.82. The van der Waals surface area contributed by atoms with Crippen LogP contribution >= 0.6 is 0 Å². The third-order valence-electron chi connectivity index (χ3n) is 11.9. The largest absolute Gasteiger partial charge is 0.349 e. The van der Waals surface area contributed by atoms with Crippen LogP contribution in [0.3, 0.4) is 0 Å². The van der Waals surface area contributed by atoms with Gasteiger partial charge in [0.2, 0.25) is 0 Å². The lowest BCUT2D eigenvalue weighted by Crippen LogP contribution is -2.54. The summed E-state index contributed by atoms with van der Waals surface area (Å²) in [4.78, 5) is 0. The van der Waals surface area contributed by atoms with Crippen LogP contribution in [0.25, 0.3) is 0 Å². The molecule has 2 aliphatic heterocycles. The maximum Gasteiger partial charge on any atom is 0.171 e. The fourth-order valence-corrected chi connectivity index (χ4v) is 10.3. The maximum atomic E-state index is 6.92. The van der Waals surface area contributed by atoms with E-state index < -0.39 is 0 Å². The third-order valence-corrected chi connectivity index (χ3v) is 11.9. The van der Waals surface area contributed by atoms with E-state index in [0.717, 1.165) is 42.6 Å². The lowest BCUT2D eigenvalue weighted by atomic mass is 9.44. The Labute approximate surface area is 178 Å². The second-order valence-corrected chi connectivity index (χ2v) is 12.9. The fourth-order valence-electron chi connectivity index (χ4n) is 10.3. The maximum absolute atomic E-state index is 6.92. The molecule has 0 radical (unpaired) electrons. The van der Waals surface area contributed by atoms with E-state index in [9.17, 15) is 0 Å². The van der Waals surface area contributed by atoms with Gasteiger partial charge in [0.15, 0.2) is 5.79 Å². The zero-order valence-corrected chi connectivity index (χ0v) is 19.4. The summed E-state index contributed by atoms with van der Waals surface area (Å²) >= 11 is 0. The molecule has 29 heavy (non-hydrogen) atoms. The zero-order valence-electron chi connectivity index (χ0n) is 19.4.